The highest BCUT2D eigenvalue weighted by Gasteiger charge is 2.41. The molecule has 1 fully saturated rings. The number of aryl methyl sites for hydroxylation is 2. The SMILES string of the molecule is Cc1cc(CNCC2CC2)cc(N2Cc3c(cc(-c4ccc(F)cc4-c4nncn4C)cc3C(F)(F)F)C2=O)n1. The van der Waals surface area contributed by atoms with Gasteiger partial charge in [-0.3, -0.25) is 9.69 Å². The molecule has 1 N–H and O–H groups in total. The summed E-state index contributed by atoms with van der Waals surface area (Å²) in [7, 11) is 1.65. The molecule has 0 spiro atoms. The third kappa shape index (κ3) is 4.97. The van der Waals surface area contributed by atoms with E-state index in [1.165, 1.54) is 48.3 Å². The van der Waals surface area contributed by atoms with Crippen LogP contribution in [0.1, 0.15) is 45.6 Å². The van der Waals surface area contributed by atoms with Crippen molar-refractivity contribution in [2.45, 2.75) is 39.0 Å². The summed E-state index contributed by atoms with van der Waals surface area (Å²) >= 11 is 0. The van der Waals surface area contributed by atoms with E-state index in [0.717, 1.165) is 18.2 Å². The highest BCUT2D eigenvalue weighted by molar-refractivity contribution is 6.10. The van der Waals surface area contributed by atoms with Crippen molar-refractivity contribution < 1.29 is 22.4 Å². The summed E-state index contributed by atoms with van der Waals surface area (Å²) in [5.74, 6) is 0.139. The zero-order valence-corrected chi connectivity index (χ0v) is 21.9. The number of hydrogen-bond donors (Lipinski definition) is 1. The van der Waals surface area contributed by atoms with Gasteiger partial charge >= 0.3 is 6.18 Å². The number of nitrogens with one attached hydrogen (secondary N) is 1. The van der Waals surface area contributed by atoms with Crippen LogP contribution in [-0.4, -0.2) is 32.2 Å². The summed E-state index contributed by atoms with van der Waals surface area (Å²) in [5.41, 5.74) is 1.18. The van der Waals surface area contributed by atoms with Gasteiger partial charge in [-0.25, -0.2) is 9.37 Å². The second kappa shape index (κ2) is 9.81. The molecule has 1 amide bonds. The average Bonchev–Trinajstić information content (AvgIpc) is 3.53. The third-order valence-corrected chi connectivity index (χ3v) is 7.33. The lowest BCUT2D eigenvalue weighted by Gasteiger charge is -2.17. The molecule has 7 nitrogen and oxygen atoms in total. The fraction of sp³-hybridized carbons (Fsp3) is 0.310. The molecule has 2 aromatic heterocycles. The highest BCUT2D eigenvalue weighted by atomic mass is 19.4. The van der Waals surface area contributed by atoms with Crippen molar-refractivity contribution in [1.29, 1.82) is 0 Å². The standard InChI is InChI=1S/C29H26F4N6O/c1-16-7-18(13-34-12-17-3-4-17)8-26(36-16)39-14-24-23(28(39)40)9-19(10-25(24)29(31,32)33)21-6-5-20(30)11-22(21)27-37-35-15-38(27)2/h5-11,15,17,34H,3-4,12-14H2,1-2H3. The van der Waals surface area contributed by atoms with Crippen molar-refractivity contribution in [1.82, 2.24) is 25.1 Å². The van der Waals surface area contributed by atoms with Crippen LogP contribution in [0.5, 0.6) is 0 Å². The number of alkyl halides is 3. The lowest BCUT2D eigenvalue weighted by atomic mass is 9.92. The zero-order valence-electron chi connectivity index (χ0n) is 21.9. The maximum absolute atomic E-state index is 14.4. The van der Waals surface area contributed by atoms with E-state index < -0.39 is 23.5 Å². The third-order valence-electron chi connectivity index (χ3n) is 7.33. The van der Waals surface area contributed by atoms with Gasteiger partial charge in [0.2, 0.25) is 0 Å². The number of halogens is 4. The minimum Gasteiger partial charge on any atom is -0.317 e. The van der Waals surface area contributed by atoms with E-state index in [2.05, 4.69) is 20.5 Å². The molecule has 11 heteroatoms. The van der Waals surface area contributed by atoms with Crippen LogP contribution in [0.3, 0.4) is 0 Å². The largest absolute Gasteiger partial charge is 0.416 e. The first-order valence-electron chi connectivity index (χ1n) is 13.0. The van der Waals surface area contributed by atoms with Gasteiger partial charge in [0.1, 0.15) is 18.0 Å². The van der Waals surface area contributed by atoms with E-state index in [4.69, 9.17) is 0 Å². The summed E-state index contributed by atoms with van der Waals surface area (Å²) in [6, 6.07) is 9.85. The van der Waals surface area contributed by atoms with Gasteiger partial charge in [-0.05, 0) is 90.9 Å². The molecule has 0 radical (unpaired) electrons. The van der Waals surface area contributed by atoms with Gasteiger partial charge in [0.25, 0.3) is 5.91 Å². The van der Waals surface area contributed by atoms with Crippen molar-refractivity contribution in [2.75, 3.05) is 11.4 Å². The van der Waals surface area contributed by atoms with Crippen LogP contribution in [-0.2, 0) is 26.3 Å². The maximum Gasteiger partial charge on any atom is 0.416 e. The molecule has 0 atom stereocenters. The van der Waals surface area contributed by atoms with Crippen LogP contribution in [0.4, 0.5) is 23.4 Å². The van der Waals surface area contributed by atoms with Gasteiger partial charge in [-0.15, -0.1) is 10.2 Å². The summed E-state index contributed by atoms with van der Waals surface area (Å²) < 4.78 is 59.0. The molecule has 0 bridgehead atoms. The van der Waals surface area contributed by atoms with Crippen molar-refractivity contribution in [2.24, 2.45) is 13.0 Å². The highest BCUT2D eigenvalue weighted by Crippen LogP contribution is 2.43. The van der Waals surface area contributed by atoms with E-state index in [1.807, 2.05) is 6.07 Å². The molecule has 40 heavy (non-hydrogen) atoms. The number of nitrogens with zero attached hydrogens (tertiary/aromatic N) is 5. The average molecular weight is 551 g/mol. The number of anilines is 1. The fourth-order valence-corrected chi connectivity index (χ4v) is 5.19. The summed E-state index contributed by atoms with van der Waals surface area (Å²) in [4.78, 5) is 19.4. The van der Waals surface area contributed by atoms with Crippen LogP contribution in [0.15, 0.2) is 48.8 Å². The van der Waals surface area contributed by atoms with Gasteiger partial charge in [-0.1, -0.05) is 6.07 Å². The van der Waals surface area contributed by atoms with E-state index in [-0.39, 0.29) is 34.6 Å². The quantitative estimate of drug-likeness (QED) is 0.300. The van der Waals surface area contributed by atoms with Crippen molar-refractivity contribution in [3.63, 3.8) is 0 Å². The Morgan fingerprint density at radius 2 is 1.85 bits per heavy atom. The second-order valence-electron chi connectivity index (χ2n) is 10.4. The number of fused-ring (bicyclic) bond motifs is 1. The van der Waals surface area contributed by atoms with Gasteiger partial charge in [0.15, 0.2) is 5.82 Å². The normalized spacial score (nSPS) is 15.2. The molecule has 0 unspecified atom stereocenters. The maximum atomic E-state index is 14.4. The molecule has 1 aliphatic heterocycles. The van der Waals surface area contributed by atoms with Crippen molar-refractivity contribution >= 4 is 11.7 Å². The second-order valence-corrected chi connectivity index (χ2v) is 10.4. The lowest BCUT2D eigenvalue weighted by molar-refractivity contribution is -0.138. The van der Waals surface area contributed by atoms with Crippen LogP contribution < -0.4 is 10.2 Å². The fourth-order valence-electron chi connectivity index (χ4n) is 5.19. The monoisotopic (exact) mass is 550 g/mol. The summed E-state index contributed by atoms with van der Waals surface area (Å²) in [6.07, 6.45) is -0.871. The molecule has 3 heterocycles. The van der Waals surface area contributed by atoms with E-state index in [0.29, 0.717) is 29.5 Å². The molecular formula is C29H26F4N6O. The zero-order chi connectivity index (χ0) is 28.2. The Bertz CT molecular complexity index is 1630. The molecule has 2 aliphatic rings. The van der Waals surface area contributed by atoms with Gasteiger partial charge in [0, 0.05) is 30.4 Å². The molecule has 206 valence electrons. The van der Waals surface area contributed by atoms with Gasteiger partial charge in [-0.2, -0.15) is 13.2 Å². The predicted octanol–water partition coefficient (Wildman–Crippen LogP) is 5.67. The Balaban J connectivity index is 1.41. The van der Waals surface area contributed by atoms with E-state index >= 15 is 0 Å². The number of carbonyl (C=O) groups excluding carboxylic acids is 1. The molecule has 2 aromatic carbocycles. The number of aromatic nitrogens is 4. The Morgan fingerprint density at radius 3 is 2.55 bits per heavy atom. The molecule has 1 aliphatic carbocycles. The first-order chi connectivity index (χ1) is 19.1. The number of amides is 1. The number of benzene rings is 2. The minimum atomic E-state index is -4.72. The Hall–Kier alpha value is -4.12. The number of pyridine rings is 1. The van der Waals surface area contributed by atoms with Crippen molar-refractivity contribution in [3.05, 3.63) is 82.6 Å². The first-order valence-corrected chi connectivity index (χ1v) is 13.0. The van der Waals surface area contributed by atoms with Gasteiger partial charge < -0.3 is 9.88 Å². The topological polar surface area (TPSA) is 75.9 Å². The Labute approximate surface area is 227 Å². The summed E-state index contributed by atoms with van der Waals surface area (Å²) in [6.45, 7) is 3.02. The number of carbonyl (C=O) groups is 1. The van der Waals surface area contributed by atoms with Gasteiger partial charge in [0.05, 0.1) is 12.1 Å². The molecule has 1 saturated carbocycles. The Kier molecular flexibility index (Phi) is 6.41. The van der Waals surface area contributed by atoms with Crippen LogP contribution in [0.25, 0.3) is 22.5 Å². The Morgan fingerprint density at radius 1 is 1.05 bits per heavy atom. The molecule has 0 saturated heterocycles. The van der Waals surface area contributed by atoms with Crippen LogP contribution in [0.2, 0.25) is 0 Å². The van der Waals surface area contributed by atoms with Crippen LogP contribution >= 0.6 is 0 Å². The van der Waals surface area contributed by atoms with E-state index in [1.54, 1.807) is 24.6 Å². The number of rotatable bonds is 7. The molecule has 6 rings (SSSR count). The smallest absolute Gasteiger partial charge is 0.317 e. The minimum absolute atomic E-state index is 0.0604. The lowest BCUT2D eigenvalue weighted by Crippen LogP contribution is -2.25. The summed E-state index contributed by atoms with van der Waals surface area (Å²) in [5, 5.41) is 11.2. The first kappa shape index (κ1) is 26.1. The predicted molar refractivity (Wildman–Crippen MR) is 141 cm³/mol. The molecule has 4 aromatic rings. The van der Waals surface area contributed by atoms with Crippen molar-refractivity contribution in [3.8, 4) is 22.5 Å². The number of hydrogen-bond acceptors (Lipinski definition) is 5. The van der Waals surface area contributed by atoms with E-state index in [9.17, 15) is 22.4 Å². The molecular weight excluding hydrogens is 524 g/mol. The van der Waals surface area contributed by atoms with Crippen LogP contribution in [0, 0.1) is 18.7 Å².